The average Bonchev–Trinajstić information content (AvgIpc) is 2.48. The third kappa shape index (κ3) is 3.45. The zero-order valence-electron chi connectivity index (χ0n) is 11.8. The maximum absolute atomic E-state index is 12.2. The lowest BCUT2D eigenvalue weighted by molar-refractivity contribution is -0.117. The van der Waals surface area contributed by atoms with Crippen LogP contribution in [0.1, 0.15) is 36.9 Å². The summed E-state index contributed by atoms with van der Waals surface area (Å²) in [7, 11) is 0. The largest absolute Gasteiger partial charge is 0.326 e. The Hall–Kier alpha value is -2.13. The van der Waals surface area contributed by atoms with Crippen molar-refractivity contribution < 1.29 is 4.79 Å². The monoisotopic (exact) mass is 268 g/mol. The van der Waals surface area contributed by atoms with E-state index in [1.165, 1.54) is 0 Å². The highest BCUT2D eigenvalue weighted by Crippen LogP contribution is 2.19. The Kier molecular flexibility index (Phi) is 4.53. The predicted octanol–water partition coefficient (Wildman–Crippen LogP) is 3.45. The maximum Gasteiger partial charge on any atom is 0.231 e. The number of nitrogens with one attached hydrogen (secondary N) is 1. The minimum Gasteiger partial charge on any atom is -0.326 e. The van der Waals surface area contributed by atoms with Gasteiger partial charge in [0.1, 0.15) is 0 Å². The van der Waals surface area contributed by atoms with E-state index in [4.69, 9.17) is 5.73 Å². The lowest BCUT2D eigenvalue weighted by Gasteiger charge is -2.13. The summed E-state index contributed by atoms with van der Waals surface area (Å²) < 4.78 is 0. The predicted molar refractivity (Wildman–Crippen MR) is 82.5 cm³/mol. The molecule has 2 atom stereocenters. The summed E-state index contributed by atoms with van der Waals surface area (Å²) >= 11 is 0. The normalized spacial score (nSPS) is 13.6. The standard InChI is InChI=1S/C17H20N2O/c1-12(14-6-4-3-5-7-14)17(20)19-16-10-8-15(9-11-16)13(2)18/h3-13H,18H2,1-2H3,(H,19,20). The summed E-state index contributed by atoms with van der Waals surface area (Å²) in [5.41, 5.74) is 8.66. The number of rotatable bonds is 4. The van der Waals surface area contributed by atoms with Crippen molar-refractivity contribution in [3.05, 3.63) is 65.7 Å². The van der Waals surface area contributed by atoms with E-state index < -0.39 is 0 Å². The molecule has 0 saturated heterocycles. The van der Waals surface area contributed by atoms with Crippen molar-refractivity contribution >= 4 is 11.6 Å². The second-order valence-electron chi connectivity index (χ2n) is 5.03. The van der Waals surface area contributed by atoms with Gasteiger partial charge in [-0.05, 0) is 37.1 Å². The van der Waals surface area contributed by atoms with Crippen molar-refractivity contribution in [3.8, 4) is 0 Å². The summed E-state index contributed by atoms with van der Waals surface area (Å²) in [4.78, 5) is 12.2. The first-order valence-electron chi connectivity index (χ1n) is 6.79. The molecule has 0 saturated carbocycles. The fourth-order valence-corrected chi connectivity index (χ4v) is 2.01. The van der Waals surface area contributed by atoms with E-state index >= 15 is 0 Å². The van der Waals surface area contributed by atoms with Gasteiger partial charge in [-0.3, -0.25) is 4.79 Å². The highest BCUT2D eigenvalue weighted by atomic mass is 16.1. The second kappa shape index (κ2) is 6.35. The van der Waals surface area contributed by atoms with E-state index in [1.807, 2.05) is 68.4 Å². The van der Waals surface area contributed by atoms with E-state index in [-0.39, 0.29) is 17.9 Å². The molecular weight excluding hydrogens is 248 g/mol. The van der Waals surface area contributed by atoms with E-state index in [0.29, 0.717) is 0 Å². The van der Waals surface area contributed by atoms with Gasteiger partial charge < -0.3 is 11.1 Å². The van der Waals surface area contributed by atoms with Crippen molar-refractivity contribution in [1.29, 1.82) is 0 Å². The van der Waals surface area contributed by atoms with E-state index in [9.17, 15) is 4.79 Å². The Morgan fingerprint density at radius 1 is 0.950 bits per heavy atom. The molecule has 3 heteroatoms. The molecule has 0 heterocycles. The SMILES string of the molecule is CC(N)c1ccc(NC(=O)C(C)c2ccccc2)cc1. The van der Waals surface area contributed by atoms with Gasteiger partial charge in [0.25, 0.3) is 0 Å². The highest BCUT2D eigenvalue weighted by molar-refractivity contribution is 5.95. The first-order chi connectivity index (χ1) is 9.58. The fraction of sp³-hybridized carbons (Fsp3) is 0.235. The third-order valence-electron chi connectivity index (χ3n) is 3.40. The molecule has 0 aliphatic carbocycles. The van der Waals surface area contributed by atoms with Crippen molar-refractivity contribution in [2.75, 3.05) is 5.32 Å². The molecule has 20 heavy (non-hydrogen) atoms. The molecule has 0 fully saturated rings. The van der Waals surface area contributed by atoms with Gasteiger partial charge in [-0.15, -0.1) is 0 Å². The quantitative estimate of drug-likeness (QED) is 0.892. The van der Waals surface area contributed by atoms with Gasteiger partial charge in [-0.25, -0.2) is 0 Å². The van der Waals surface area contributed by atoms with Crippen LogP contribution in [-0.2, 0) is 4.79 Å². The molecule has 2 rings (SSSR count). The van der Waals surface area contributed by atoms with Crippen LogP contribution in [0.5, 0.6) is 0 Å². The van der Waals surface area contributed by atoms with Crippen LogP contribution in [0.3, 0.4) is 0 Å². The number of benzene rings is 2. The summed E-state index contributed by atoms with van der Waals surface area (Å²) in [6.45, 7) is 3.84. The van der Waals surface area contributed by atoms with Crippen molar-refractivity contribution in [3.63, 3.8) is 0 Å². The zero-order chi connectivity index (χ0) is 14.5. The summed E-state index contributed by atoms with van der Waals surface area (Å²) in [5.74, 6) is -0.186. The molecule has 2 aromatic carbocycles. The van der Waals surface area contributed by atoms with E-state index in [2.05, 4.69) is 5.32 Å². The van der Waals surface area contributed by atoms with Crippen LogP contribution in [0, 0.1) is 0 Å². The summed E-state index contributed by atoms with van der Waals surface area (Å²) in [5, 5.41) is 2.93. The molecule has 1 amide bonds. The molecule has 3 nitrogen and oxygen atoms in total. The van der Waals surface area contributed by atoms with Gasteiger partial charge >= 0.3 is 0 Å². The van der Waals surface area contributed by atoms with Crippen molar-refractivity contribution in [1.82, 2.24) is 0 Å². The Morgan fingerprint density at radius 2 is 1.55 bits per heavy atom. The molecule has 0 spiro atoms. The Morgan fingerprint density at radius 3 is 2.10 bits per heavy atom. The van der Waals surface area contributed by atoms with Crippen LogP contribution >= 0.6 is 0 Å². The number of anilines is 1. The Balaban J connectivity index is 2.04. The maximum atomic E-state index is 12.2. The van der Waals surface area contributed by atoms with Gasteiger partial charge in [0.15, 0.2) is 0 Å². The van der Waals surface area contributed by atoms with Gasteiger partial charge in [0.05, 0.1) is 5.92 Å². The molecule has 2 unspecified atom stereocenters. The average molecular weight is 268 g/mol. The molecule has 104 valence electrons. The van der Waals surface area contributed by atoms with Crippen LogP contribution < -0.4 is 11.1 Å². The second-order valence-corrected chi connectivity index (χ2v) is 5.03. The molecule has 0 aromatic heterocycles. The molecule has 0 bridgehead atoms. The van der Waals surface area contributed by atoms with E-state index in [1.54, 1.807) is 0 Å². The molecular formula is C17H20N2O. The van der Waals surface area contributed by atoms with Crippen LogP contribution in [0.4, 0.5) is 5.69 Å². The minimum atomic E-state index is -0.177. The molecule has 0 radical (unpaired) electrons. The first kappa shape index (κ1) is 14.3. The van der Waals surface area contributed by atoms with Crippen molar-refractivity contribution in [2.24, 2.45) is 5.73 Å². The van der Waals surface area contributed by atoms with Crippen molar-refractivity contribution in [2.45, 2.75) is 25.8 Å². The van der Waals surface area contributed by atoms with Crippen LogP contribution in [0.2, 0.25) is 0 Å². The number of carbonyl (C=O) groups excluding carboxylic acids is 1. The summed E-state index contributed by atoms with van der Waals surface area (Å²) in [6.07, 6.45) is 0. The molecule has 3 N–H and O–H groups in total. The van der Waals surface area contributed by atoms with Gasteiger partial charge in [0.2, 0.25) is 5.91 Å². The molecule has 0 aliphatic heterocycles. The third-order valence-corrected chi connectivity index (χ3v) is 3.40. The minimum absolute atomic E-state index is 0.00277. The topological polar surface area (TPSA) is 55.1 Å². The van der Waals surface area contributed by atoms with Crippen LogP contribution in [-0.4, -0.2) is 5.91 Å². The van der Waals surface area contributed by atoms with Crippen LogP contribution in [0.15, 0.2) is 54.6 Å². The van der Waals surface area contributed by atoms with Gasteiger partial charge in [-0.1, -0.05) is 42.5 Å². The van der Waals surface area contributed by atoms with E-state index in [0.717, 1.165) is 16.8 Å². The van der Waals surface area contributed by atoms with Gasteiger partial charge in [0, 0.05) is 11.7 Å². The Labute approximate surface area is 119 Å². The number of carbonyl (C=O) groups is 1. The first-order valence-corrected chi connectivity index (χ1v) is 6.79. The smallest absolute Gasteiger partial charge is 0.231 e. The lowest BCUT2D eigenvalue weighted by atomic mass is 10.0. The van der Waals surface area contributed by atoms with Crippen LogP contribution in [0.25, 0.3) is 0 Å². The number of hydrogen-bond acceptors (Lipinski definition) is 2. The number of nitrogens with two attached hydrogens (primary N) is 1. The van der Waals surface area contributed by atoms with Gasteiger partial charge in [-0.2, -0.15) is 0 Å². The zero-order valence-corrected chi connectivity index (χ0v) is 11.8. The number of amides is 1. The molecule has 0 aliphatic rings. The fourth-order valence-electron chi connectivity index (χ4n) is 2.01. The number of hydrogen-bond donors (Lipinski definition) is 2. The summed E-state index contributed by atoms with van der Waals surface area (Å²) in [6, 6.07) is 17.4. The Bertz CT molecular complexity index is 561. The lowest BCUT2D eigenvalue weighted by Crippen LogP contribution is -2.18. The molecule has 2 aromatic rings. The highest BCUT2D eigenvalue weighted by Gasteiger charge is 2.14.